The molecule has 1 heterocycles. The van der Waals surface area contributed by atoms with E-state index in [4.69, 9.17) is 5.26 Å². The Morgan fingerprint density at radius 2 is 2.38 bits per heavy atom. The van der Waals surface area contributed by atoms with Gasteiger partial charge in [-0.1, -0.05) is 6.07 Å². The molecule has 0 saturated heterocycles. The van der Waals surface area contributed by atoms with Gasteiger partial charge in [0.05, 0.1) is 0 Å². The quantitative estimate of drug-likeness (QED) is 0.727. The maximum atomic E-state index is 11.0. The Morgan fingerprint density at radius 1 is 1.62 bits per heavy atom. The van der Waals surface area contributed by atoms with Crippen molar-refractivity contribution in [3.63, 3.8) is 0 Å². The van der Waals surface area contributed by atoms with Crippen molar-refractivity contribution >= 4 is 18.4 Å². The van der Waals surface area contributed by atoms with Gasteiger partial charge in [-0.3, -0.25) is 4.79 Å². The third-order valence-electron chi connectivity index (χ3n) is 1.52. The molecule has 1 aromatic heterocycles. The van der Waals surface area contributed by atoms with E-state index in [1.807, 2.05) is 6.07 Å². The van der Waals surface area contributed by atoms with E-state index in [0.717, 1.165) is 5.56 Å². The lowest BCUT2D eigenvalue weighted by Crippen LogP contribution is -2.04. The molecule has 0 bridgehead atoms. The number of nitrogens with zero attached hydrogens (tertiary/aromatic N) is 2. The van der Waals surface area contributed by atoms with Crippen molar-refractivity contribution in [3.05, 3.63) is 29.6 Å². The number of aromatic nitrogens is 1. The number of carbonyl (C=O) groups excluding carboxylic acids is 1. The Hall–Kier alpha value is -1.34. The zero-order chi connectivity index (χ0) is 9.68. The molecule has 0 aliphatic carbocycles. The van der Waals surface area contributed by atoms with Crippen molar-refractivity contribution in [1.82, 2.24) is 4.98 Å². The maximum Gasteiger partial charge on any atom is 0.146 e. The van der Waals surface area contributed by atoms with E-state index in [-0.39, 0.29) is 11.5 Å². The van der Waals surface area contributed by atoms with Crippen LogP contribution >= 0.6 is 12.6 Å². The molecule has 0 unspecified atom stereocenters. The standard InChI is InChI=1S/C9H8N2OS/c10-4-8-2-1-7(5-11-8)3-9(12)6-13/h1-2,5,13H,3,6H2. The van der Waals surface area contributed by atoms with Crippen LogP contribution in [0.25, 0.3) is 0 Å². The minimum absolute atomic E-state index is 0.0508. The molecule has 0 saturated carbocycles. The Bertz CT molecular complexity index is 340. The van der Waals surface area contributed by atoms with Crippen molar-refractivity contribution in [2.24, 2.45) is 0 Å². The summed E-state index contributed by atoms with van der Waals surface area (Å²) in [5.74, 6) is 0.287. The van der Waals surface area contributed by atoms with Crippen LogP contribution in [-0.4, -0.2) is 16.5 Å². The molecule has 1 aromatic rings. The highest BCUT2D eigenvalue weighted by Gasteiger charge is 2.01. The smallest absolute Gasteiger partial charge is 0.146 e. The number of pyridine rings is 1. The van der Waals surface area contributed by atoms with Gasteiger partial charge < -0.3 is 0 Å². The lowest BCUT2D eigenvalue weighted by molar-refractivity contribution is -0.115. The molecule has 3 nitrogen and oxygen atoms in total. The molecular formula is C9H8N2OS. The van der Waals surface area contributed by atoms with E-state index in [1.165, 1.54) is 0 Å². The number of hydrogen-bond acceptors (Lipinski definition) is 4. The first-order valence-corrected chi connectivity index (χ1v) is 4.37. The Balaban J connectivity index is 2.71. The summed E-state index contributed by atoms with van der Waals surface area (Å²) in [6, 6.07) is 5.24. The van der Waals surface area contributed by atoms with Gasteiger partial charge in [-0.15, -0.1) is 0 Å². The second-order valence-electron chi connectivity index (χ2n) is 2.54. The molecule has 0 aliphatic heterocycles. The monoisotopic (exact) mass is 192 g/mol. The summed E-state index contributed by atoms with van der Waals surface area (Å²) in [7, 11) is 0. The number of ketones is 1. The van der Waals surface area contributed by atoms with Gasteiger partial charge in [-0.25, -0.2) is 4.98 Å². The van der Waals surface area contributed by atoms with E-state index < -0.39 is 0 Å². The fraction of sp³-hybridized carbons (Fsp3) is 0.222. The minimum Gasteiger partial charge on any atom is -0.298 e. The van der Waals surface area contributed by atoms with Crippen LogP contribution in [0.4, 0.5) is 0 Å². The number of carbonyl (C=O) groups is 1. The fourth-order valence-electron chi connectivity index (χ4n) is 0.879. The molecule has 13 heavy (non-hydrogen) atoms. The Labute approximate surface area is 81.8 Å². The van der Waals surface area contributed by atoms with Gasteiger partial charge in [0.15, 0.2) is 0 Å². The SMILES string of the molecule is N#Cc1ccc(CC(=O)CS)cn1. The molecule has 0 amide bonds. The van der Waals surface area contributed by atoms with Crippen LogP contribution in [0, 0.1) is 11.3 Å². The van der Waals surface area contributed by atoms with Crippen LogP contribution in [0.5, 0.6) is 0 Å². The van der Waals surface area contributed by atoms with Crippen LogP contribution < -0.4 is 0 Å². The average molecular weight is 192 g/mol. The predicted octanol–water partition coefficient (Wildman–Crippen LogP) is 0.995. The minimum atomic E-state index is 0.0508. The first-order valence-electron chi connectivity index (χ1n) is 3.74. The molecule has 66 valence electrons. The summed E-state index contributed by atoms with van der Waals surface area (Å²) in [6.45, 7) is 0. The van der Waals surface area contributed by atoms with Crippen LogP contribution in [0.1, 0.15) is 11.3 Å². The predicted molar refractivity (Wildman–Crippen MR) is 51.5 cm³/mol. The highest BCUT2D eigenvalue weighted by molar-refractivity contribution is 7.81. The average Bonchev–Trinajstić information content (AvgIpc) is 2.19. The van der Waals surface area contributed by atoms with Gasteiger partial charge >= 0.3 is 0 Å². The summed E-state index contributed by atoms with van der Waals surface area (Å²) in [5, 5.41) is 8.46. The van der Waals surface area contributed by atoms with Crippen molar-refractivity contribution in [3.8, 4) is 6.07 Å². The molecule has 0 fully saturated rings. The van der Waals surface area contributed by atoms with Gasteiger partial charge in [-0.2, -0.15) is 17.9 Å². The summed E-state index contributed by atoms with van der Waals surface area (Å²) in [4.78, 5) is 14.8. The second kappa shape index (κ2) is 4.63. The normalized spacial score (nSPS) is 9.23. The lowest BCUT2D eigenvalue weighted by Gasteiger charge is -1.97. The second-order valence-corrected chi connectivity index (χ2v) is 2.85. The molecule has 1 rings (SSSR count). The molecule has 0 aliphatic rings. The van der Waals surface area contributed by atoms with Gasteiger partial charge in [0.25, 0.3) is 0 Å². The first kappa shape index (κ1) is 9.75. The third kappa shape index (κ3) is 2.88. The molecule has 4 heteroatoms. The molecule has 0 aromatic carbocycles. The highest BCUT2D eigenvalue weighted by atomic mass is 32.1. The van der Waals surface area contributed by atoms with Crippen molar-refractivity contribution < 1.29 is 4.79 Å². The molecule has 0 atom stereocenters. The Kier molecular flexibility index (Phi) is 3.47. The number of thiol groups is 1. The summed E-state index contributed by atoms with van der Waals surface area (Å²) in [5.41, 5.74) is 1.18. The van der Waals surface area contributed by atoms with Crippen LogP contribution in [-0.2, 0) is 11.2 Å². The largest absolute Gasteiger partial charge is 0.298 e. The highest BCUT2D eigenvalue weighted by Crippen LogP contribution is 2.01. The number of nitriles is 1. The third-order valence-corrected chi connectivity index (χ3v) is 1.87. The van der Waals surface area contributed by atoms with E-state index >= 15 is 0 Å². The van der Waals surface area contributed by atoms with Crippen LogP contribution in [0.15, 0.2) is 18.3 Å². The number of Topliss-reactive ketones (excluding diaryl/α,β-unsaturated/α-hetero) is 1. The number of rotatable bonds is 3. The zero-order valence-electron chi connectivity index (χ0n) is 6.90. The fourth-order valence-corrected chi connectivity index (χ4v) is 0.991. The maximum absolute atomic E-state index is 11.0. The zero-order valence-corrected chi connectivity index (χ0v) is 7.79. The van der Waals surface area contributed by atoms with Crippen LogP contribution in [0.2, 0.25) is 0 Å². The van der Waals surface area contributed by atoms with Crippen molar-refractivity contribution in [2.75, 3.05) is 5.75 Å². The Morgan fingerprint density at radius 3 is 2.85 bits per heavy atom. The van der Waals surface area contributed by atoms with Crippen LogP contribution in [0.3, 0.4) is 0 Å². The van der Waals surface area contributed by atoms with E-state index in [9.17, 15) is 4.79 Å². The van der Waals surface area contributed by atoms with E-state index in [2.05, 4.69) is 17.6 Å². The van der Waals surface area contributed by atoms with Gasteiger partial charge in [0.1, 0.15) is 17.5 Å². The molecular weight excluding hydrogens is 184 g/mol. The molecule has 0 N–H and O–H groups in total. The van der Waals surface area contributed by atoms with Gasteiger partial charge in [0.2, 0.25) is 0 Å². The molecule has 0 spiro atoms. The van der Waals surface area contributed by atoms with Crippen molar-refractivity contribution in [1.29, 1.82) is 5.26 Å². The topological polar surface area (TPSA) is 53.8 Å². The summed E-state index contributed by atoms with van der Waals surface area (Å²) in [6.07, 6.45) is 1.88. The molecule has 0 radical (unpaired) electrons. The summed E-state index contributed by atoms with van der Waals surface area (Å²) >= 11 is 3.86. The van der Waals surface area contributed by atoms with Gasteiger partial charge in [-0.05, 0) is 11.6 Å². The number of hydrogen-bond donors (Lipinski definition) is 1. The summed E-state index contributed by atoms with van der Waals surface area (Å²) < 4.78 is 0. The first-order chi connectivity index (χ1) is 6.26. The van der Waals surface area contributed by atoms with Crippen molar-refractivity contribution in [2.45, 2.75) is 6.42 Å². The van der Waals surface area contributed by atoms with Gasteiger partial charge in [0, 0.05) is 18.4 Å². The van der Waals surface area contributed by atoms with E-state index in [0.29, 0.717) is 12.1 Å². The lowest BCUT2D eigenvalue weighted by atomic mass is 10.1. The van der Waals surface area contributed by atoms with E-state index in [1.54, 1.807) is 18.3 Å².